The molecule has 0 spiro atoms. The first-order valence-electron chi connectivity index (χ1n) is 8.22. The van der Waals surface area contributed by atoms with E-state index in [1.807, 2.05) is 42.5 Å². The van der Waals surface area contributed by atoms with Gasteiger partial charge in [-0.15, -0.1) is 0 Å². The molecule has 2 amide bonds. The van der Waals surface area contributed by atoms with Gasteiger partial charge in [-0.25, -0.2) is 4.79 Å². The Morgan fingerprint density at radius 2 is 2.00 bits per heavy atom. The molecule has 0 saturated carbocycles. The summed E-state index contributed by atoms with van der Waals surface area (Å²) in [4.78, 5) is 35.6. The van der Waals surface area contributed by atoms with Gasteiger partial charge in [-0.3, -0.25) is 9.59 Å². The van der Waals surface area contributed by atoms with E-state index in [1.54, 1.807) is 0 Å². The second-order valence-electron chi connectivity index (χ2n) is 6.13. The summed E-state index contributed by atoms with van der Waals surface area (Å²) in [6.45, 7) is 0. The minimum Gasteiger partial charge on any atom is -0.467 e. The fourth-order valence-corrected chi connectivity index (χ4v) is 3.02. The van der Waals surface area contributed by atoms with Crippen LogP contribution in [0.4, 0.5) is 0 Å². The zero-order valence-electron chi connectivity index (χ0n) is 14.0. The standard InChI is InChI=1S/C19H20N2O4/c1-25-19(24)16(21-18(23)15-8-9-17(22)20-15)11-12-6-7-13-4-2-3-5-14(13)10-12/h2-7,10,15-16H,8-9,11H2,1H3,(H,20,22)(H,21,23)/t15-,16-/m0/s1. The summed E-state index contributed by atoms with van der Waals surface area (Å²) in [5, 5.41) is 7.48. The highest BCUT2D eigenvalue weighted by Gasteiger charge is 2.30. The van der Waals surface area contributed by atoms with Gasteiger partial charge in [0.2, 0.25) is 11.8 Å². The fourth-order valence-electron chi connectivity index (χ4n) is 3.02. The van der Waals surface area contributed by atoms with Crippen LogP contribution in [0.1, 0.15) is 18.4 Å². The monoisotopic (exact) mass is 340 g/mol. The van der Waals surface area contributed by atoms with E-state index in [2.05, 4.69) is 10.6 Å². The van der Waals surface area contributed by atoms with Crippen molar-refractivity contribution in [1.82, 2.24) is 10.6 Å². The van der Waals surface area contributed by atoms with Gasteiger partial charge in [0, 0.05) is 12.8 Å². The lowest BCUT2D eigenvalue weighted by Gasteiger charge is -2.19. The molecule has 25 heavy (non-hydrogen) atoms. The predicted molar refractivity (Wildman–Crippen MR) is 92.8 cm³/mol. The molecule has 2 aromatic rings. The highest BCUT2D eigenvalue weighted by Crippen LogP contribution is 2.17. The Morgan fingerprint density at radius 1 is 1.24 bits per heavy atom. The third kappa shape index (κ3) is 3.96. The average molecular weight is 340 g/mol. The summed E-state index contributed by atoms with van der Waals surface area (Å²) in [5.74, 6) is -1.02. The van der Waals surface area contributed by atoms with Crippen LogP contribution in [0.25, 0.3) is 10.8 Å². The molecule has 0 aromatic heterocycles. The molecule has 1 fully saturated rings. The molecule has 1 saturated heterocycles. The van der Waals surface area contributed by atoms with Crippen molar-refractivity contribution in [3.8, 4) is 0 Å². The van der Waals surface area contributed by atoms with Crippen LogP contribution < -0.4 is 10.6 Å². The van der Waals surface area contributed by atoms with E-state index in [0.29, 0.717) is 19.3 Å². The van der Waals surface area contributed by atoms with Gasteiger partial charge in [0.15, 0.2) is 0 Å². The molecule has 0 bridgehead atoms. The second kappa shape index (κ2) is 7.34. The van der Waals surface area contributed by atoms with E-state index in [-0.39, 0.29) is 11.8 Å². The topological polar surface area (TPSA) is 84.5 Å². The number of nitrogens with one attached hydrogen (secondary N) is 2. The van der Waals surface area contributed by atoms with E-state index in [4.69, 9.17) is 4.74 Å². The van der Waals surface area contributed by atoms with E-state index in [9.17, 15) is 14.4 Å². The van der Waals surface area contributed by atoms with Crippen molar-refractivity contribution in [2.45, 2.75) is 31.3 Å². The van der Waals surface area contributed by atoms with E-state index < -0.39 is 18.1 Å². The molecule has 1 aliphatic heterocycles. The minimum absolute atomic E-state index is 0.149. The Bertz CT molecular complexity index is 818. The van der Waals surface area contributed by atoms with Gasteiger partial charge in [-0.1, -0.05) is 42.5 Å². The van der Waals surface area contributed by atoms with Crippen LogP contribution in [-0.2, 0) is 25.5 Å². The number of amides is 2. The largest absolute Gasteiger partial charge is 0.467 e. The molecular weight excluding hydrogens is 320 g/mol. The van der Waals surface area contributed by atoms with Crippen molar-refractivity contribution < 1.29 is 19.1 Å². The second-order valence-corrected chi connectivity index (χ2v) is 6.13. The maximum absolute atomic E-state index is 12.3. The average Bonchev–Trinajstić information content (AvgIpc) is 3.07. The number of esters is 1. The number of ether oxygens (including phenoxy) is 1. The minimum atomic E-state index is -0.795. The van der Waals surface area contributed by atoms with Crippen molar-refractivity contribution in [3.05, 3.63) is 48.0 Å². The van der Waals surface area contributed by atoms with Crippen LogP contribution in [0.15, 0.2) is 42.5 Å². The maximum atomic E-state index is 12.3. The lowest BCUT2D eigenvalue weighted by molar-refractivity contribution is -0.145. The lowest BCUT2D eigenvalue weighted by atomic mass is 10.0. The van der Waals surface area contributed by atoms with Crippen LogP contribution in [0.5, 0.6) is 0 Å². The first-order valence-corrected chi connectivity index (χ1v) is 8.22. The Morgan fingerprint density at radius 3 is 2.68 bits per heavy atom. The Balaban J connectivity index is 1.74. The molecule has 2 atom stereocenters. The first kappa shape index (κ1) is 17.0. The van der Waals surface area contributed by atoms with Crippen LogP contribution in [0.3, 0.4) is 0 Å². The van der Waals surface area contributed by atoms with Crippen molar-refractivity contribution in [2.75, 3.05) is 7.11 Å². The van der Waals surface area contributed by atoms with E-state index in [0.717, 1.165) is 16.3 Å². The third-order valence-corrected chi connectivity index (χ3v) is 4.37. The summed E-state index contributed by atoms with van der Waals surface area (Å²) >= 11 is 0. The van der Waals surface area contributed by atoms with Crippen molar-refractivity contribution >= 4 is 28.6 Å². The van der Waals surface area contributed by atoms with Gasteiger partial charge in [-0.05, 0) is 22.8 Å². The Labute approximate surface area is 145 Å². The molecular formula is C19H20N2O4. The number of hydrogen-bond acceptors (Lipinski definition) is 4. The number of rotatable bonds is 5. The highest BCUT2D eigenvalue weighted by molar-refractivity contribution is 5.93. The van der Waals surface area contributed by atoms with Crippen molar-refractivity contribution in [3.63, 3.8) is 0 Å². The number of methoxy groups -OCH3 is 1. The number of carbonyl (C=O) groups is 3. The van der Waals surface area contributed by atoms with Crippen LogP contribution in [0, 0.1) is 0 Å². The Kier molecular flexibility index (Phi) is 4.97. The van der Waals surface area contributed by atoms with Crippen LogP contribution >= 0.6 is 0 Å². The molecule has 0 radical (unpaired) electrons. The van der Waals surface area contributed by atoms with Crippen molar-refractivity contribution in [2.24, 2.45) is 0 Å². The van der Waals surface area contributed by atoms with E-state index >= 15 is 0 Å². The van der Waals surface area contributed by atoms with Gasteiger partial charge in [0.1, 0.15) is 12.1 Å². The molecule has 6 nitrogen and oxygen atoms in total. The Hall–Kier alpha value is -2.89. The SMILES string of the molecule is COC(=O)[C@H](Cc1ccc2ccccc2c1)NC(=O)[C@@H]1CCC(=O)N1. The predicted octanol–water partition coefficient (Wildman–Crippen LogP) is 1.32. The normalized spacial score (nSPS) is 17.8. The zero-order chi connectivity index (χ0) is 17.8. The molecule has 130 valence electrons. The smallest absolute Gasteiger partial charge is 0.328 e. The number of hydrogen-bond donors (Lipinski definition) is 2. The van der Waals surface area contributed by atoms with Gasteiger partial charge in [0.25, 0.3) is 0 Å². The van der Waals surface area contributed by atoms with Crippen LogP contribution in [-0.4, -0.2) is 37.0 Å². The quantitative estimate of drug-likeness (QED) is 0.804. The lowest BCUT2D eigenvalue weighted by Crippen LogP contribution is -2.49. The van der Waals surface area contributed by atoms with Gasteiger partial charge in [-0.2, -0.15) is 0 Å². The maximum Gasteiger partial charge on any atom is 0.328 e. The number of fused-ring (bicyclic) bond motifs is 1. The zero-order valence-corrected chi connectivity index (χ0v) is 14.0. The first-order chi connectivity index (χ1) is 12.1. The summed E-state index contributed by atoms with van der Waals surface area (Å²) in [6.07, 6.45) is 1.09. The summed E-state index contributed by atoms with van der Waals surface area (Å²) in [6, 6.07) is 12.5. The number of benzene rings is 2. The molecule has 1 aliphatic rings. The molecule has 2 N–H and O–H groups in total. The summed E-state index contributed by atoms with van der Waals surface area (Å²) in [7, 11) is 1.29. The molecule has 1 heterocycles. The summed E-state index contributed by atoms with van der Waals surface area (Å²) < 4.78 is 4.82. The van der Waals surface area contributed by atoms with E-state index in [1.165, 1.54) is 7.11 Å². The summed E-state index contributed by atoms with van der Waals surface area (Å²) in [5.41, 5.74) is 0.921. The molecule has 0 aliphatic carbocycles. The van der Waals surface area contributed by atoms with Gasteiger partial charge < -0.3 is 15.4 Å². The number of carbonyl (C=O) groups excluding carboxylic acids is 3. The van der Waals surface area contributed by atoms with Gasteiger partial charge in [0.05, 0.1) is 7.11 Å². The molecule has 2 aromatic carbocycles. The molecule has 3 rings (SSSR count). The van der Waals surface area contributed by atoms with Crippen molar-refractivity contribution in [1.29, 1.82) is 0 Å². The van der Waals surface area contributed by atoms with Gasteiger partial charge >= 0.3 is 5.97 Å². The van der Waals surface area contributed by atoms with Crippen LogP contribution in [0.2, 0.25) is 0 Å². The molecule has 0 unspecified atom stereocenters. The molecule has 6 heteroatoms. The fraction of sp³-hybridized carbons (Fsp3) is 0.316. The highest BCUT2D eigenvalue weighted by atomic mass is 16.5. The third-order valence-electron chi connectivity index (χ3n) is 4.37.